The zero-order valence-electron chi connectivity index (χ0n) is 12.7. The van der Waals surface area contributed by atoms with Crippen LogP contribution >= 0.6 is 0 Å². The van der Waals surface area contributed by atoms with Crippen molar-refractivity contribution in [2.45, 2.75) is 32.2 Å². The highest BCUT2D eigenvalue weighted by molar-refractivity contribution is 4.57. The van der Waals surface area contributed by atoms with Gasteiger partial charge in [0.1, 0.15) is 0 Å². The maximum Gasteiger partial charge on any atom is 0.0701 e. The van der Waals surface area contributed by atoms with Crippen LogP contribution in [0.3, 0.4) is 0 Å². The number of rotatable bonds is 16. The molecule has 6 heteroatoms. The first-order chi connectivity index (χ1) is 9.81. The molecule has 0 heterocycles. The number of nitrogens with two attached hydrogens (primary N) is 1. The van der Waals surface area contributed by atoms with E-state index in [0.717, 1.165) is 19.4 Å². The maximum absolute atomic E-state index is 8.66. The van der Waals surface area contributed by atoms with Crippen LogP contribution in [-0.2, 0) is 18.9 Å². The van der Waals surface area contributed by atoms with Gasteiger partial charge in [0, 0.05) is 19.3 Å². The minimum absolute atomic E-state index is 0.0977. The van der Waals surface area contributed by atoms with E-state index in [-0.39, 0.29) is 12.6 Å². The number of aliphatic hydroxyl groups excluding tert-OH is 1. The van der Waals surface area contributed by atoms with Gasteiger partial charge in [-0.25, -0.2) is 0 Å². The fourth-order valence-corrected chi connectivity index (χ4v) is 1.39. The molecule has 0 aromatic carbocycles. The van der Waals surface area contributed by atoms with Crippen molar-refractivity contribution in [3.05, 3.63) is 0 Å². The SMILES string of the molecule is CCCCOCCOCCOCCOCC(N)CCO. The second-order valence-electron chi connectivity index (χ2n) is 4.54. The Hall–Kier alpha value is -0.240. The summed E-state index contributed by atoms with van der Waals surface area (Å²) in [6.07, 6.45) is 2.82. The third-order valence-corrected chi connectivity index (χ3v) is 2.59. The van der Waals surface area contributed by atoms with E-state index in [1.165, 1.54) is 0 Å². The second-order valence-corrected chi connectivity index (χ2v) is 4.54. The summed E-state index contributed by atoms with van der Waals surface area (Å²) in [6, 6.07) is -0.101. The predicted molar refractivity (Wildman–Crippen MR) is 77.9 cm³/mol. The van der Waals surface area contributed by atoms with E-state index in [1.807, 2.05) is 0 Å². The first-order valence-corrected chi connectivity index (χ1v) is 7.48. The summed E-state index contributed by atoms with van der Waals surface area (Å²) in [7, 11) is 0. The molecule has 0 rings (SSSR count). The molecular weight excluding hydrogens is 262 g/mol. The zero-order chi connectivity index (χ0) is 14.9. The monoisotopic (exact) mass is 293 g/mol. The van der Waals surface area contributed by atoms with Crippen LogP contribution in [0.1, 0.15) is 26.2 Å². The molecule has 0 aromatic rings. The van der Waals surface area contributed by atoms with Crippen LogP contribution in [-0.4, -0.2) is 70.6 Å². The normalized spacial score (nSPS) is 12.8. The van der Waals surface area contributed by atoms with Crippen LogP contribution in [0.25, 0.3) is 0 Å². The Bertz CT molecular complexity index is 183. The lowest BCUT2D eigenvalue weighted by molar-refractivity contribution is -0.00383. The molecule has 0 saturated heterocycles. The lowest BCUT2D eigenvalue weighted by Crippen LogP contribution is -2.28. The third kappa shape index (κ3) is 15.8. The van der Waals surface area contributed by atoms with Crippen molar-refractivity contribution in [2.24, 2.45) is 5.73 Å². The summed E-state index contributed by atoms with van der Waals surface area (Å²) in [4.78, 5) is 0. The molecule has 0 aliphatic rings. The summed E-state index contributed by atoms with van der Waals surface area (Å²) in [5, 5.41) is 8.66. The van der Waals surface area contributed by atoms with Gasteiger partial charge in [-0.3, -0.25) is 0 Å². The number of ether oxygens (including phenoxy) is 4. The van der Waals surface area contributed by atoms with Crippen molar-refractivity contribution in [1.29, 1.82) is 0 Å². The Morgan fingerprint density at radius 3 is 1.85 bits per heavy atom. The molecule has 6 nitrogen and oxygen atoms in total. The molecule has 0 radical (unpaired) electrons. The van der Waals surface area contributed by atoms with E-state index in [4.69, 9.17) is 29.8 Å². The van der Waals surface area contributed by atoms with Crippen molar-refractivity contribution in [3.8, 4) is 0 Å². The van der Waals surface area contributed by atoms with Gasteiger partial charge in [-0.05, 0) is 12.8 Å². The Morgan fingerprint density at radius 1 is 0.850 bits per heavy atom. The maximum atomic E-state index is 8.66. The van der Waals surface area contributed by atoms with E-state index >= 15 is 0 Å². The molecule has 0 amide bonds. The minimum Gasteiger partial charge on any atom is -0.396 e. The van der Waals surface area contributed by atoms with Gasteiger partial charge < -0.3 is 29.8 Å². The quantitative estimate of drug-likeness (QED) is 0.405. The Labute approximate surface area is 122 Å². The zero-order valence-corrected chi connectivity index (χ0v) is 12.7. The van der Waals surface area contributed by atoms with E-state index in [2.05, 4.69) is 6.92 Å². The van der Waals surface area contributed by atoms with Gasteiger partial charge in [-0.15, -0.1) is 0 Å². The van der Waals surface area contributed by atoms with Crippen LogP contribution in [0.2, 0.25) is 0 Å². The molecule has 1 atom stereocenters. The molecule has 0 aromatic heterocycles. The second kappa shape index (κ2) is 16.8. The summed E-state index contributed by atoms with van der Waals surface area (Å²) in [6.45, 7) is 6.93. The molecular formula is C14H31NO5. The predicted octanol–water partition coefficient (Wildman–Crippen LogP) is 0.563. The molecule has 0 spiro atoms. The largest absolute Gasteiger partial charge is 0.396 e. The van der Waals surface area contributed by atoms with E-state index < -0.39 is 0 Å². The lowest BCUT2D eigenvalue weighted by Gasteiger charge is -2.10. The van der Waals surface area contributed by atoms with Gasteiger partial charge in [-0.1, -0.05) is 13.3 Å². The number of aliphatic hydroxyl groups is 1. The molecule has 0 saturated carbocycles. The van der Waals surface area contributed by atoms with Gasteiger partial charge >= 0.3 is 0 Å². The van der Waals surface area contributed by atoms with Crippen LogP contribution in [0.4, 0.5) is 0 Å². The van der Waals surface area contributed by atoms with Crippen LogP contribution in [0.5, 0.6) is 0 Å². The van der Waals surface area contributed by atoms with Crippen LogP contribution in [0, 0.1) is 0 Å². The molecule has 0 aliphatic heterocycles. The van der Waals surface area contributed by atoms with Crippen molar-refractivity contribution in [3.63, 3.8) is 0 Å². The van der Waals surface area contributed by atoms with Gasteiger partial charge in [0.15, 0.2) is 0 Å². The first-order valence-electron chi connectivity index (χ1n) is 7.48. The summed E-state index contributed by atoms with van der Waals surface area (Å²) in [5.41, 5.74) is 5.67. The number of hydrogen-bond donors (Lipinski definition) is 2. The molecule has 1 unspecified atom stereocenters. The van der Waals surface area contributed by atoms with Gasteiger partial charge in [0.05, 0.1) is 46.2 Å². The van der Waals surface area contributed by atoms with Crippen molar-refractivity contribution in [2.75, 3.05) is 59.5 Å². The van der Waals surface area contributed by atoms with E-state index in [9.17, 15) is 0 Å². The fraction of sp³-hybridized carbons (Fsp3) is 1.00. The Kier molecular flexibility index (Phi) is 16.6. The van der Waals surface area contributed by atoms with E-state index in [0.29, 0.717) is 52.7 Å². The first kappa shape index (κ1) is 19.8. The Balaban J connectivity index is 2.99. The fourth-order valence-electron chi connectivity index (χ4n) is 1.39. The molecule has 122 valence electrons. The number of unbranched alkanes of at least 4 members (excludes halogenated alkanes) is 1. The highest BCUT2D eigenvalue weighted by Gasteiger charge is 2.00. The van der Waals surface area contributed by atoms with Gasteiger partial charge in [-0.2, -0.15) is 0 Å². The van der Waals surface area contributed by atoms with Crippen LogP contribution < -0.4 is 5.73 Å². The molecule has 0 bridgehead atoms. The van der Waals surface area contributed by atoms with E-state index in [1.54, 1.807) is 0 Å². The highest BCUT2D eigenvalue weighted by atomic mass is 16.6. The number of hydrogen-bond acceptors (Lipinski definition) is 6. The summed E-state index contributed by atoms with van der Waals surface area (Å²) >= 11 is 0. The lowest BCUT2D eigenvalue weighted by atomic mass is 10.2. The summed E-state index contributed by atoms with van der Waals surface area (Å²) in [5.74, 6) is 0. The average molecular weight is 293 g/mol. The molecule has 0 aliphatic carbocycles. The van der Waals surface area contributed by atoms with Crippen molar-refractivity contribution in [1.82, 2.24) is 0 Å². The van der Waals surface area contributed by atoms with Crippen LogP contribution in [0.15, 0.2) is 0 Å². The average Bonchev–Trinajstić information content (AvgIpc) is 2.44. The molecule has 0 fully saturated rings. The minimum atomic E-state index is -0.101. The molecule has 3 N–H and O–H groups in total. The van der Waals surface area contributed by atoms with Gasteiger partial charge in [0.25, 0.3) is 0 Å². The summed E-state index contributed by atoms with van der Waals surface area (Å²) < 4.78 is 21.4. The topological polar surface area (TPSA) is 83.2 Å². The molecule has 20 heavy (non-hydrogen) atoms. The third-order valence-electron chi connectivity index (χ3n) is 2.59. The smallest absolute Gasteiger partial charge is 0.0701 e. The standard InChI is InChI=1S/C14H31NO5/c1-2-3-6-17-7-8-18-9-10-19-11-12-20-13-14(15)4-5-16/h14,16H,2-13,15H2,1H3. The van der Waals surface area contributed by atoms with Crippen molar-refractivity contribution >= 4 is 0 Å². The van der Waals surface area contributed by atoms with Gasteiger partial charge in [0.2, 0.25) is 0 Å². The highest BCUT2D eigenvalue weighted by Crippen LogP contribution is 1.89. The Morgan fingerprint density at radius 2 is 1.35 bits per heavy atom. The van der Waals surface area contributed by atoms with Crippen molar-refractivity contribution < 1.29 is 24.1 Å².